The molecule has 0 amide bonds. The van der Waals surface area contributed by atoms with Crippen LogP contribution in [-0.4, -0.2) is 18.3 Å². The molecule has 0 spiro atoms. The largest absolute Gasteiger partial charge is 0.501 e. The van der Waals surface area contributed by atoms with E-state index in [2.05, 4.69) is 45.0 Å². The van der Waals surface area contributed by atoms with Crippen molar-refractivity contribution in [3.05, 3.63) is 52.0 Å². The molecule has 1 N–H and O–H groups in total. The predicted molar refractivity (Wildman–Crippen MR) is 120 cm³/mol. The number of hydrogen-bond donors (Lipinski definition) is 1. The molecule has 1 aliphatic rings. The maximum atomic E-state index is 10.4. The molecule has 0 radical (unpaired) electrons. The molecule has 0 aliphatic heterocycles. The van der Waals surface area contributed by atoms with Gasteiger partial charge in [-0.15, -0.1) is 0 Å². The molecule has 0 saturated heterocycles. The maximum Gasteiger partial charge on any atom is 0.138 e. The molecule has 1 aliphatic carbocycles. The normalized spacial score (nSPS) is 14.9. The maximum absolute atomic E-state index is 10.4. The number of aliphatic hydroxyl groups excluding tert-OH is 1. The van der Waals surface area contributed by atoms with Crippen molar-refractivity contribution in [3.8, 4) is 0 Å². The van der Waals surface area contributed by atoms with Gasteiger partial charge in [0.25, 0.3) is 0 Å². The van der Waals surface area contributed by atoms with Gasteiger partial charge < -0.3 is 14.3 Å². The van der Waals surface area contributed by atoms with Gasteiger partial charge in [0.15, 0.2) is 0 Å². The molecule has 0 bridgehead atoms. The summed E-state index contributed by atoms with van der Waals surface area (Å²) in [5.74, 6) is 2.09. The number of ether oxygens (including phenoxy) is 1. The van der Waals surface area contributed by atoms with Gasteiger partial charge in [-0.25, -0.2) is 0 Å². The minimum Gasteiger partial charge on any atom is -0.501 e. The van der Waals surface area contributed by atoms with Crippen LogP contribution in [0.1, 0.15) is 67.0 Å². The van der Waals surface area contributed by atoms with Crippen LogP contribution < -0.4 is 0 Å². The summed E-state index contributed by atoms with van der Waals surface area (Å²) >= 11 is 0. The van der Waals surface area contributed by atoms with E-state index < -0.39 is 0 Å². The quantitative estimate of drug-likeness (QED) is 0.491. The van der Waals surface area contributed by atoms with Crippen LogP contribution in [0.4, 0.5) is 0 Å². The Bertz CT molecular complexity index is 1070. The average molecular weight is 393 g/mol. The summed E-state index contributed by atoms with van der Waals surface area (Å²) in [4.78, 5) is 0. The Hall–Kier alpha value is -2.26. The zero-order valence-corrected chi connectivity index (χ0v) is 18.1. The standard InChI is InChI=1S/C26H32O3/c1-5-6-9-19(27)12-11-18-8-7-10-21-16(2)26-25(17(3)24(18)21)22-15-20(28-4)13-14-23(22)29-26/h7-8,10,15,19,27H,5-6,9,11-14H2,1-4H3. The van der Waals surface area contributed by atoms with Gasteiger partial charge in [0.1, 0.15) is 11.3 Å². The molecule has 3 nitrogen and oxygen atoms in total. The second kappa shape index (κ2) is 8.23. The van der Waals surface area contributed by atoms with Crippen molar-refractivity contribution in [2.24, 2.45) is 0 Å². The van der Waals surface area contributed by atoms with Crippen molar-refractivity contribution in [2.75, 3.05) is 7.11 Å². The minimum absolute atomic E-state index is 0.218. The number of aliphatic hydroxyl groups is 1. The van der Waals surface area contributed by atoms with E-state index in [0.29, 0.717) is 0 Å². The summed E-state index contributed by atoms with van der Waals surface area (Å²) in [5, 5.41) is 14.2. The van der Waals surface area contributed by atoms with Crippen LogP contribution in [0, 0.1) is 13.8 Å². The van der Waals surface area contributed by atoms with Gasteiger partial charge in [0.2, 0.25) is 0 Å². The molecular formula is C26H32O3. The van der Waals surface area contributed by atoms with Crippen LogP contribution in [0.5, 0.6) is 0 Å². The van der Waals surface area contributed by atoms with Gasteiger partial charge >= 0.3 is 0 Å². The molecular weight excluding hydrogens is 360 g/mol. The van der Waals surface area contributed by atoms with Gasteiger partial charge in [-0.05, 0) is 61.1 Å². The first-order valence-electron chi connectivity index (χ1n) is 10.9. The van der Waals surface area contributed by atoms with Crippen molar-refractivity contribution >= 4 is 27.8 Å². The van der Waals surface area contributed by atoms with E-state index in [1.807, 2.05) is 0 Å². The minimum atomic E-state index is -0.218. The van der Waals surface area contributed by atoms with Gasteiger partial charge in [-0.2, -0.15) is 0 Å². The van der Waals surface area contributed by atoms with Crippen LogP contribution in [-0.2, 0) is 17.6 Å². The fourth-order valence-corrected chi connectivity index (χ4v) is 4.81. The van der Waals surface area contributed by atoms with E-state index >= 15 is 0 Å². The molecule has 3 aromatic rings. The molecule has 29 heavy (non-hydrogen) atoms. The second-order valence-electron chi connectivity index (χ2n) is 8.38. The van der Waals surface area contributed by atoms with E-state index in [1.165, 1.54) is 38.4 Å². The van der Waals surface area contributed by atoms with Gasteiger partial charge in [0, 0.05) is 29.4 Å². The summed E-state index contributed by atoms with van der Waals surface area (Å²) < 4.78 is 11.9. The molecule has 1 atom stereocenters. The molecule has 0 saturated carbocycles. The molecule has 0 fully saturated rings. The Morgan fingerprint density at radius 3 is 2.69 bits per heavy atom. The third-order valence-electron chi connectivity index (χ3n) is 6.47. The van der Waals surface area contributed by atoms with E-state index in [9.17, 15) is 5.11 Å². The van der Waals surface area contributed by atoms with E-state index in [4.69, 9.17) is 9.15 Å². The van der Waals surface area contributed by atoms with Gasteiger partial charge in [0.05, 0.1) is 19.0 Å². The van der Waals surface area contributed by atoms with Crippen LogP contribution in [0.3, 0.4) is 0 Å². The molecule has 2 aromatic carbocycles. The average Bonchev–Trinajstić information content (AvgIpc) is 3.13. The zero-order chi connectivity index (χ0) is 20.5. The van der Waals surface area contributed by atoms with Crippen molar-refractivity contribution in [2.45, 2.75) is 71.8 Å². The first kappa shape index (κ1) is 20.0. The molecule has 1 heterocycles. The zero-order valence-electron chi connectivity index (χ0n) is 18.1. The summed E-state index contributed by atoms with van der Waals surface area (Å²) in [7, 11) is 1.74. The highest BCUT2D eigenvalue weighted by atomic mass is 16.5. The lowest BCUT2D eigenvalue weighted by atomic mass is 9.89. The summed E-state index contributed by atoms with van der Waals surface area (Å²) in [5.41, 5.74) is 5.99. The Morgan fingerprint density at radius 1 is 1.10 bits per heavy atom. The lowest BCUT2D eigenvalue weighted by Gasteiger charge is -2.15. The van der Waals surface area contributed by atoms with E-state index in [1.54, 1.807) is 7.11 Å². The predicted octanol–water partition coefficient (Wildman–Crippen LogP) is 6.62. The lowest BCUT2D eigenvalue weighted by molar-refractivity contribution is 0.152. The van der Waals surface area contributed by atoms with Gasteiger partial charge in [-0.1, -0.05) is 38.0 Å². The highest BCUT2D eigenvalue weighted by Gasteiger charge is 2.23. The first-order chi connectivity index (χ1) is 14.0. The summed E-state index contributed by atoms with van der Waals surface area (Å²) in [6, 6.07) is 6.56. The molecule has 3 heteroatoms. The third-order valence-corrected chi connectivity index (χ3v) is 6.47. The van der Waals surface area contributed by atoms with Crippen LogP contribution in [0.2, 0.25) is 0 Å². The Balaban J connectivity index is 1.84. The third kappa shape index (κ3) is 3.57. The molecule has 4 rings (SSSR count). The number of unbranched alkanes of at least 4 members (excludes halogenated alkanes) is 1. The molecule has 154 valence electrons. The summed E-state index contributed by atoms with van der Waals surface area (Å²) in [6.45, 7) is 6.55. The number of methoxy groups -OCH3 is 1. The Labute approximate surface area is 173 Å². The number of benzene rings is 2. The Morgan fingerprint density at radius 2 is 1.93 bits per heavy atom. The van der Waals surface area contributed by atoms with Crippen molar-refractivity contribution in [3.63, 3.8) is 0 Å². The van der Waals surface area contributed by atoms with E-state index in [0.717, 1.165) is 62.0 Å². The topological polar surface area (TPSA) is 42.6 Å². The van der Waals surface area contributed by atoms with Crippen molar-refractivity contribution < 1.29 is 14.3 Å². The Kier molecular flexibility index (Phi) is 5.69. The SMILES string of the molecule is CCCCC(O)CCc1cccc2c(C)c3oc4c(c3c(C)c12)C=C(OC)CC4. The highest BCUT2D eigenvalue weighted by Crippen LogP contribution is 2.41. The number of hydrogen-bond acceptors (Lipinski definition) is 3. The lowest BCUT2D eigenvalue weighted by Crippen LogP contribution is -2.08. The number of furan rings is 1. The van der Waals surface area contributed by atoms with Crippen molar-refractivity contribution in [1.82, 2.24) is 0 Å². The van der Waals surface area contributed by atoms with Crippen LogP contribution >= 0.6 is 0 Å². The van der Waals surface area contributed by atoms with Crippen molar-refractivity contribution in [1.29, 1.82) is 0 Å². The molecule has 1 unspecified atom stereocenters. The van der Waals surface area contributed by atoms with Gasteiger partial charge in [-0.3, -0.25) is 0 Å². The van der Waals surface area contributed by atoms with Crippen LogP contribution in [0.25, 0.3) is 27.8 Å². The fraction of sp³-hybridized carbons (Fsp3) is 0.462. The number of fused-ring (bicyclic) bond motifs is 4. The highest BCUT2D eigenvalue weighted by molar-refractivity contribution is 6.08. The second-order valence-corrected chi connectivity index (χ2v) is 8.38. The molecule has 1 aromatic heterocycles. The number of allylic oxidation sites excluding steroid dienone is 1. The first-order valence-corrected chi connectivity index (χ1v) is 10.9. The number of rotatable bonds is 7. The monoisotopic (exact) mass is 392 g/mol. The van der Waals surface area contributed by atoms with Crippen LogP contribution in [0.15, 0.2) is 28.4 Å². The smallest absolute Gasteiger partial charge is 0.138 e. The number of aryl methyl sites for hydroxylation is 4. The van der Waals surface area contributed by atoms with E-state index in [-0.39, 0.29) is 6.10 Å². The fourth-order valence-electron chi connectivity index (χ4n) is 4.81. The summed E-state index contributed by atoms with van der Waals surface area (Å²) in [6.07, 6.45) is 8.53.